The molecular formula is C18H23N5O. The summed E-state index contributed by atoms with van der Waals surface area (Å²) in [4.78, 5) is 23.4. The molecule has 0 bridgehead atoms. The number of hydrogen-bond donors (Lipinski definition) is 1. The van der Waals surface area contributed by atoms with E-state index >= 15 is 0 Å². The number of benzene rings is 1. The molecule has 1 aromatic heterocycles. The Morgan fingerprint density at radius 2 is 1.79 bits per heavy atom. The quantitative estimate of drug-likeness (QED) is 0.856. The maximum absolute atomic E-state index is 10.8. The highest BCUT2D eigenvalue weighted by molar-refractivity contribution is 5.60. The molecule has 0 spiro atoms. The van der Waals surface area contributed by atoms with E-state index in [4.69, 9.17) is 0 Å². The molecular weight excluding hydrogens is 302 g/mol. The van der Waals surface area contributed by atoms with Crippen molar-refractivity contribution in [3.63, 3.8) is 0 Å². The van der Waals surface area contributed by atoms with Gasteiger partial charge in [-0.25, -0.2) is 9.97 Å². The fourth-order valence-electron chi connectivity index (χ4n) is 2.74. The molecule has 0 aliphatic carbocycles. The summed E-state index contributed by atoms with van der Waals surface area (Å²) in [5.41, 5.74) is 2.33. The summed E-state index contributed by atoms with van der Waals surface area (Å²) < 4.78 is 0. The number of carbonyl (C=O) groups excluding carboxylic acids is 1. The van der Waals surface area contributed by atoms with Gasteiger partial charge in [0.15, 0.2) is 0 Å². The van der Waals surface area contributed by atoms with Crippen LogP contribution in [0.1, 0.15) is 25.3 Å². The van der Waals surface area contributed by atoms with Crippen LogP contribution in [-0.2, 0) is 4.79 Å². The number of piperazine rings is 1. The van der Waals surface area contributed by atoms with Gasteiger partial charge in [0.05, 0.1) is 0 Å². The van der Waals surface area contributed by atoms with Crippen LogP contribution in [0, 0.1) is 0 Å². The van der Waals surface area contributed by atoms with E-state index in [1.165, 1.54) is 5.56 Å². The molecule has 6 nitrogen and oxygen atoms in total. The topological polar surface area (TPSA) is 61.4 Å². The Morgan fingerprint density at radius 1 is 1.08 bits per heavy atom. The standard InChI is InChI=1S/C18H23N5O/c1-14(2)15-3-5-16(6-4-15)21-17-11-18(20-12-19-17)23-9-7-22(13-24)8-10-23/h3-6,11-14H,7-10H2,1-2H3,(H,19,20,21). The predicted molar refractivity (Wildman–Crippen MR) is 95.7 cm³/mol. The summed E-state index contributed by atoms with van der Waals surface area (Å²) in [5, 5.41) is 3.33. The highest BCUT2D eigenvalue weighted by Gasteiger charge is 2.17. The number of carbonyl (C=O) groups is 1. The molecule has 3 rings (SSSR count). The molecule has 1 aliphatic rings. The Kier molecular flexibility index (Phi) is 4.93. The normalized spacial score (nSPS) is 14.8. The van der Waals surface area contributed by atoms with Crippen molar-refractivity contribution < 1.29 is 4.79 Å². The first kappa shape index (κ1) is 16.2. The first-order valence-corrected chi connectivity index (χ1v) is 8.29. The SMILES string of the molecule is CC(C)c1ccc(Nc2cc(N3CCN(C=O)CC3)ncn2)cc1. The summed E-state index contributed by atoms with van der Waals surface area (Å²) in [5.74, 6) is 2.18. The molecule has 1 amide bonds. The summed E-state index contributed by atoms with van der Waals surface area (Å²) in [6.07, 6.45) is 2.48. The summed E-state index contributed by atoms with van der Waals surface area (Å²) in [7, 11) is 0. The highest BCUT2D eigenvalue weighted by atomic mass is 16.1. The molecule has 0 atom stereocenters. The van der Waals surface area contributed by atoms with Gasteiger partial charge < -0.3 is 15.1 Å². The van der Waals surface area contributed by atoms with Crippen LogP contribution < -0.4 is 10.2 Å². The number of hydrogen-bond acceptors (Lipinski definition) is 5. The summed E-state index contributed by atoms with van der Waals surface area (Å²) in [6.45, 7) is 7.41. The maximum atomic E-state index is 10.8. The van der Waals surface area contributed by atoms with E-state index in [1.807, 2.05) is 6.07 Å². The van der Waals surface area contributed by atoms with E-state index in [2.05, 4.69) is 58.3 Å². The Labute approximate surface area is 142 Å². The molecule has 1 aliphatic heterocycles. The number of rotatable bonds is 5. The van der Waals surface area contributed by atoms with Crippen molar-refractivity contribution in [2.24, 2.45) is 0 Å². The molecule has 1 fully saturated rings. The van der Waals surface area contributed by atoms with Crippen molar-refractivity contribution in [1.82, 2.24) is 14.9 Å². The van der Waals surface area contributed by atoms with Crippen molar-refractivity contribution in [2.45, 2.75) is 19.8 Å². The van der Waals surface area contributed by atoms with Crippen molar-refractivity contribution in [2.75, 3.05) is 36.4 Å². The van der Waals surface area contributed by atoms with Crippen LogP contribution in [0.25, 0.3) is 0 Å². The fourth-order valence-corrected chi connectivity index (χ4v) is 2.74. The largest absolute Gasteiger partial charge is 0.353 e. The average molecular weight is 325 g/mol. The van der Waals surface area contributed by atoms with Crippen LogP contribution >= 0.6 is 0 Å². The lowest BCUT2D eigenvalue weighted by Crippen LogP contribution is -2.46. The lowest BCUT2D eigenvalue weighted by Gasteiger charge is -2.33. The van der Waals surface area contributed by atoms with E-state index in [9.17, 15) is 4.79 Å². The third-order valence-corrected chi connectivity index (χ3v) is 4.29. The first-order chi connectivity index (χ1) is 11.7. The van der Waals surface area contributed by atoms with E-state index in [0.717, 1.165) is 49.9 Å². The first-order valence-electron chi connectivity index (χ1n) is 8.29. The Bertz CT molecular complexity index is 678. The van der Waals surface area contributed by atoms with Crippen molar-refractivity contribution in [3.05, 3.63) is 42.2 Å². The average Bonchev–Trinajstić information content (AvgIpc) is 2.62. The van der Waals surface area contributed by atoms with Gasteiger partial charge in [-0.1, -0.05) is 26.0 Å². The minimum absolute atomic E-state index is 0.523. The van der Waals surface area contributed by atoms with Crippen LogP contribution in [-0.4, -0.2) is 47.5 Å². The van der Waals surface area contributed by atoms with Gasteiger partial charge in [-0.2, -0.15) is 0 Å². The van der Waals surface area contributed by atoms with E-state index < -0.39 is 0 Å². The number of aromatic nitrogens is 2. The molecule has 1 aromatic carbocycles. The molecule has 24 heavy (non-hydrogen) atoms. The van der Waals surface area contributed by atoms with Gasteiger partial charge in [-0.15, -0.1) is 0 Å². The third-order valence-electron chi connectivity index (χ3n) is 4.29. The number of anilines is 3. The Morgan fingerprint density at radius 3 is 2.42 bits per heavy atom. The molecule has 126 valence electrons. The van der Waals surface area contributed by atoms with Crippen molar-refractivity contribution >= 4 is 23.7 Å². The second-order valence-electron chi connectivity index (χ2n) is 6.29. The van der Waals surface area contributed by atoms with Crippen LogP contribution in [0.3, 0.4) is 0 Å². The third kappa shape index (κ3) is 3.82. The van der Waals surface area contributed by atoms with E-state index in [1.54, 1.807) is 11.2 Å². The Hall–Kier alpha value is -2.63. The minimum Gasteiger partial charge on any atom is -0.353 e. The zero-order valence-electron chi connectivity index (χ0n) is 14.1. The van der Waals surface area contributed by atoms with Crippen LogP contribution in [0.2, 0.25) is 0 Å². The zero-order chi connectivity index (χ0) is 16.9. The lowest BCUT2D eigenvalue weighted by molar-refractivity contribution is -0.118. The molecule has 2 heterocycles. The van der Waals surface area contributed by atoms with Gasteiger partial charge in [0, 0.05) is 37.9 Å². The highest BCUT2D eigenvalue weighted by Crippen LogP contribution is 2.21. The molecule has 1 N–H and O–H groups in total. The number of nitrogens with zero attached hydrogens (tertiary/aromatic N) is 4. The van der Waals surface area contributed by atoms with Crippen molar-refractivity contribution in [1.29, 1.82) is 0 Å². The number of amides is 1. The summed E-state index contributed by atoms with van der Waals surface area (Å²) >= 11 is 0. The van der Waals surface area contributed by atoms with Gasteiger partial charge in [-0.3, -0.25) is 4.79 Å². The van der Waals surface area contributed by atoms with E-state index in [-0.39, 0.29) is 0 Å². The smallest absolute Gasteiger partial charge is 0.209 e. The minimum atomic E-state index is 0.523. The molecule has 0 radical (unpaired) electrons. The van der Waals surface area contributed by atoms with Crippen LogP contribution in [0.15, 0.2) is 36.7 Å². The maximum Gasteiger partial charge on any atom is 0.209 e. The van der Waals surface area contributed by atoms with Gasteiger partial charge in [0.25, 0.3) is 0 Å². The molecule has 0 unspecified atom stereocenters. The van der Waals surface area contributed by atoms with Gasteiger partial charge in [0.2, 0.25) is 6.41 Å². The number of nitrogens with one attached hydrogen (secondary N) is 1. The van der Waals surface area contributed by atoms with Gasteiger partial charge in [-0.05, 0) is 23.6 Å². The zero-order valence-corrected chi connectivity index (χ0v) is 14.1. The van der Waals surface area contributed by atoms with Gasteiger partial charge >= 0.3 is 0 Å². The van der Waals surface area contributed by atoms with Crippen LogP contribution in [0.4, 0.5) is 17.3 Å². The molecule has 6 heteroatoms. The fraction of sp³-hybridized carbons (Fsp3) is 0.389. The second kappa shape index (κ2) is 7.29. The predicted octanol–water partition coefficient (Wildman–Crippen LogP) is 2.62. The lowest BCUT2D eigenvalue weighted by atomic mass is 10.0. The second-order valence-corrected chi connectivity index (χ2v) is 6.29. The van der Waals surface area contributed by atoms with Crippen LogP contribution in [0.5, 0.6) is 0 Å². The van der Waals surface area contributed by atoms with E-state index in [0.29, 0.717) is 5.92 Å². The molecule has 1 saturated heterocycles. The van der Waals surface area contributed by atoms with Crippen molar-refractivity contribution in [3.8, 4) is 0 Å². The molecule has 2 aromatic rings. The Balaban J connectivity index is 1.68. The molecule has 0 saturated carbocycles. The summed E-state index contributed by atoms with van der Waals surface area (Å²) in [6, 6.07) is 10.4. The monoisotopic (exact) mass is 325 g/mol. The van der Waals surface area contributed by atoms with Gasteiger partial charge in [0.1, 0.15) is 18.0 Å².